The van der Waals surface area contributed by atoms with Crippen molar-refractivity contribution in [3.05, 3.63) is 15.8 Å². The lowest BCUT2D eigenvalue weighted by Gasteiger charge is -2.19. The fraction of sp³-hybridized carbons (Fsp3) is 0.750. The van der Waals surface area contributed by atoms with Gasteiger partial charge < -0.3 is 11.1 Å². The maximum atomic E-state index is 11.1. The Balaban J connectivity index is 3.06. The van der Waals surface area contributed by atoms with Crippen molar-refractivity contribution in [3.63, 3.8) is 0 Å². The summed E-state index contributed by atoms with van der Waals surface area (Å²) in [6, 6.07) is 0.0140. The topological polar surface area (TPSA) is 99.0 Å². The molecule has 1 heterocycles. The Hall–Kier alpha value is -1.63. The number of nitrogens with zero attached hydrogens (tertiary/aromatic N) is 3. The molecular formula is C12H23N5O2. The monoisotopic (exact) mass is 269 g/mol. The van der Waals surface area contributed by atoms with Crippen molar-refractivity contribution < 1.29 is 4.92 Å². The first kappa shape index (κ1) is 15.4. The van der Waals surface area contributed by atoms with Gasteiger partial charge in [-0.1, -0.05) is 13.8 Å². The van der Waals surface area contributed by atoms with Crippen LogP contribution in [0.2, 0.25) is 0 Å². The van der Waals surface area contributed by atoms with Crippen molar-refractivity contribution in [2.45, 2.75) is 46.7 Å². The molecule has 0 bridgehead atoms. The lowest BCUT2D eigenvalue weighted by Crippen LogP contribution is -2.31. The number of nitrogens with one attached hydrogen (secondary N) is 1. The number of hydrogen-bond donors (Lipinski definition) is 2. The zero-order valence-electron chi connectivity index (χ0n) is 12.0. The first-order chi connectivity index (χ1) is 8.90. The van der Waals surface area contributed by atoms with Crippen molar-refractivity contribution in [2.75, 3.05) is 11.9 Å². The second kappa shape index (κ2) is 6.51. The largest absolute Gasteiger partial charge is 0.361 e. The van der Waals surface area contributed by atoms with Gasteiger partial charge in [0.15, 0.2) is 0 Å². The number of rotatable bonds is 7. The van der Waals surface area contributed by atoms with Crippen molar-refractivity contribution in [1.82, 2.24) is 9.78 Å². The molecule has 1 unspecified atom stereocenters. The molecule has 0 aliphatic heterocycles. The fourth-order valence-electron chi connectivity index (χ4n) is 2.14. The summed E-state index contributed by atoms with van der Waals surface area (Å²) in [5.74, 6) is 0.931. The zero-order chi connectivity index (χ0) is 14.6. The van der Waals surface area contributed by atoms with E-state index in [9.17, 15) is 10.1 Å². The number of nitrogens with two attached hydrogens (primary N) is 1. The van der Waals surface area contributed by atoms with Gasteiger partial charge in [0.2, 0.25) is 5.82 Å². The fourth-order valence-corrected chi connectivity index (χ4v) is 2.14. The maximum Gasteiger partial charge on any atom is 0.333 e. The van der Waals surface area contributed by atoms with Crippen LogP contribution in [0.1, 0.15) is 32.9 Å². The average Bonchev–Trinajstić information content (AvgIpc) is 2.63. The summed E-state index contributed by atoms with van der Waals surface area (Å²) in [4.78, 5) is 10.8. The third-order valence-electron chi connectivity index (χ3n) is 2.96. The van der Waals surface area contributed by atoms with Gasteiger partial charge in [-0.3, -0.25) is 10.1 Å². The van der Waals surface area contributed by atoms with Gasteiger partial charge in [0.25, 0.3) is 0 Å². The molecule has 1 atom stereocenters. The molecule has 3 N–H and O–H groups in total. The minimum atomic E-state index is -0.389. The Morgan fingerprint density at radius 3 is 2.58 bits per heavy atom. The van der Waals surface area contributed by atoms with Gasteiger partial charge in [0.05, 0.1) is 4.92 Å². The van der Waals surface area contributed by atoms with Gasteiger partial charge >= 0.3 is 5.69 Å². The summed E-state index contributed by atoms with van der Waals surface area (Å²) in [7, 11) is 0. The Morgan fingerprint density at radius 1 is 1.53 bits per heavy atom. The first-order valence-electron chi connectivity index (χ1n) is 6.59. The molecule has 0 fully saturated rings. The van der Waals surface area contributed by atoms with Crippen LogP contribution in [0.3, 0.4) is 0 Å². The molecule has 1 rings (SSSR count). The Bertz CT molecular complexity index is 442. The molecule has 7 heteroatoms. The SMILES string of the molecule is CCn1nc(C)c([N+](=O)[O-])c1NC(CN)CC(C)C. The molecule has 1 aromatic heterocycles. The molecule has 0 aliphatic carbocycles. The van der Waals surface area contributed by atoms with Crippen molar-refractivity contribution in [3.8, 4) is 0 Å². The van der Waals surface area contributed by atoms with Gasteiger partial charge in [-0.2, -0.15) is 5.10 Å². The van der Waals surface area contributed by atoms with Crippen LogP contribution in [0, 0.1) is 23.0 Å². The van der Waals surface area contributed by atoms with Gasteiger partial charge in [0, 0.05) is 19.1 Å². The maximum absolute atomic E-state index is 11.1. The lowest BCUT2D eigenvalue weighted by molar-refractivity contribution is -0.384. The van der Waals surface area contributed by atoms with E-state index in [4.69, 9.17) is 5.73 Å². The summed E-state index contributed by atoms with van der Waals surface area (Å²) >= 11 is 0. The van der Waals surface area contributed by atoms with E-state index in [0.717, 1.165) is 6.42 Å². The highest BCUT2D eigenvalue weighted by Gasteiger charge is 2.26. The molecule has 0 aromatic carbocycles. The highest BCUT2D eigenvalue weighted by atomic mass is 16.6. The highest BCUT2D eigenvalue weighted by molar-refractivity contribution is 5.60. The van der Waals surface area contributed by atoms with E-state index in [2.05, 4.69) is 24.3 Å². The van der Waals surface area contributed by atoms with Crippen molar-refractivity contribution >= 4 is 11.5 Å². The summed E-state index contributed by atoms with van der Waals surface area (Å²) in [5, 5.41) is 18.5. The molecule has 0 spiro atoms. The van der Waals surface area contributed by atoms with E-state index in [1.807, 2.05) is 6.92 Å². The Labute approximate surface area is 113 Å². The van der Waals surface area contributed by atoms with E-state index in [-0.39, 0.29) is 16.7 Å². The summed E-state index contributed by atoms with van der Waals surface area (Å²) in [6.07, 6.45) is 0.863. The minimum absolute atomic E-state index is 0.0140. The number of anilines is 1. The molecule has 0 amide bonds. The molecule has 0 saturated heterocycles. The molecule has 19 heavy (non-hydrogen) atoms. The quantitative estimate of drug-likeness (QED) is 0.582. The van der Waals surface area contributed by atoms with E-state index in [1.165, 1.54) is 0 Å². The molecule has 0 saturated carbocycles. The molecule has 1 aromatic rings. The normalized spacial score (nSPS) is 12.7. The predicted octanol–water partition coefficient (Wildman–Crippen LogP) is 1.90. The molecular weight excluding hydrogens is 246 g/mol. The third-order valence-corrected chi connectivity index (χ3v) is 2.96. The molecule has 0 aliphatic rings. The van der Waals surface area contributed by atoms with Gasteiger partial charge in [0.1, 0.15) is 5.69 Å². The van der Waals surface area contributed by atoms with Crippen molar-refractivity contribution in [1.29, 1.82) is 0 Å². The van der Waals surface area contributed by atoms with E-state index in [1.54, 1.807) is 11.6 Å². The van der Waals surface area contributed by atoms with Crippen LogP contribution >= 0.6 is 0 Å². The predicted molar refractivity (Wildman–Crippen MR) is 75.2 cm³/mol. The number of nitro groups is 1. The zero-order valence-corrected chi connectivity index (χ0v) is 12.0. The van der Waals surface area contributed by atoms with Gasteiger partial charge in [-0.05, 0) is 26.2 Å². The summed E-state index contributed by atoms with van der Waals surface area (Å²) in [6.45, 7) is 8.76. The highest BCUT2D eigenvalue weighted by Crippen LogP contribution is 2.29. The van der Waals surface area contributed by atoms with Crippen LogP contribution in [0.15, 0.2) is 0 Å². The lowest BCUT2D eigenvalue weighted by atomic mass is 10.0. The molecule has 108 valence electrons. The molecule has 7 nitrogen and oxygen atoms in total. The van der Waals surface area contributed by atoms with Gasteiger partial charge in [-0.15, -0.1) is 0 Å². The second-order valence-corrected chi connectivity index (χ2v) is 5.06. The van der Waals surface area contributed by atoms with Crippen LogP contribution in [0.25, 0.3) is 0 Å². The third kappa shape index (κ3) is 3.66. The van der Waals surface area contributed by atoms with Crippen molar-refractivity contribution in [2.24, 2.45) is 11.7 Å². The van der Waals surface area contributed by atoms with Crippen LogP contribution < -0.4 is 11.1 Å². The van der Waals surface area contributed by atoms with E-state index in [0.29, 0.717) is 30.5 Å². The summed E-state index contributed by atoms with van der Waals surface area (Å²) in [5.41, 5.74) is 6.20. The number of aryl methyl sites for hydroxylation is 2. The van der Waals surface area contributed by atoms with E-state index >= 15 is 0 Å². The smallest absolute Gasteiger partial charge is 0.333 e. The standard InChI is InChI=1S/C12H23N5O2/c1-5-16-12(11(17(18)19)9(4)15-16)14-10(7-13)6-8(2)3/h8,10,14H,5-7,13H2,1-4H3. The van der Waals surface area contributed by atoms with Crippen LogP contribution in [0.5, 0.6) is 0 Å². The van der Waals surface area contributed by atoms with E-state index < -0.39 is 0 Å². The molecule has 0 radical (unpaired) electrons. The minimum Gasteiger partial charge on any atom is -0.361 e. The van der Waals surface area contributed by atoms with Crippen LogP contribution in [-0.4, -0.2) is 27.3 Å². The van der Waals surface area contributed by atoms with Crippen LogP contribution in [-0.2, 0) is 6.54 Å². The van der Waals surface area contributed by atoms with Crippen LogP contribution in [0.4, 0.5) is 11.5 Å². The Morgan fingerprint density at radius 2 is 2.16 bits per heavy atom. The first-order valence-corrected chi connectivity index (χ1v) is 6.59. The summed E-state index contributed by atoms with van der Waals surface area (Å²) < 4.78 is 1.62. The van der Waals surface area contributed by atoms with Gasteiger partial charge in [-0.25, -0.2) is 4.68 Å². The second-order valence-electron chi connectivity index (χ2n) is 5.06. The number of hydrogen-bond acceptors (Lipinski definition) is 5. The Kier molecular flexibility index (Phi) is 5.29. The average molecular weight is 269 g/mol. The number of aromatic nitrogens is 2.